The summed E-state index contributed by atoms with van der Waals surface area (Å²) in [6.45, 7) is 4.32. The molecule has 3 nitrogen and oxygen atoms in total. The van der Waals surface area contributed by atoms with Gasteiger partial charge in [-0.1, -0.05) is 70.8 Å². The molecule has 0 aliphatic carbocycles. The number of benzene rings is 1. The zero-order valence-electron chi connectivity index (χ0n) is 18.2. The van der Waals surface area contributed by atoms with Crippen LogP contribution in [0, 0.1) is 5.82 Å². The van der Waals surface area contributed by atoms with Gasteiger partial charge in [0.25, 0.3) is 0 Å². The first kappa shape index (κ1) is 21.9. The molecule has 29 heavy (non-hydrogen) atoms. The molecule has 0 unspecified atom stereocenters. The van der Waals surface area contributed by atoms with E-state index in [1.807, 2.05) is 6.07 Å². The zero-order valence-corrected chi connectivity index (χ0v) is 18.2. The quantitative estimate of drug-likeness (QED) is 0.413. The number of halogens is 1. The summed E-state index contributed by atoms with van der Waals surface area (Å²) >= 11 is 0. The summed E-state index contributed by atoms with van der Waals surface area (Å²) in [6.07, 6.45) is 16.6. The molecule has 1 aliphatic rings. The molecule has 0 saturated heterocycles. The van der Waals surface area contributed by atoms with Gasteiger partial charge in [-0.2, -0.15) is 0 Å². The van der Waals surface area contributed by atoms with Gasteiger partial charge in [0.05, 0.1) is 16.6 Å². The molecule has 4 heteroatoms. The summed E-state index contributed by atoms with van der Waals surface area (Å²) in [4.78, 5) is 7.25. The molecule has 1 aliphatic heterocycles. The Labute approximate surface area is 175 Å². The van der Waals surface area contributed by atoms with E-state index < -0.39 is 0 Å². The lowest BCUT2D eigenvalue weighted by molar-refractivity contribution is 0.553. The number of hydrogen-bond acceptors (Lipinski definition) is 3. The molecular formula is C25H38FN3. The van der Waals surface area contributed by atoms with Gasteiger partial charge >= 0.3 is 0 Å². The van der Waals surface area contributed by atoms with Crippen LogP contribution in [0.5, 0.6) is 0 Å². The van der Waals surface area contributed by atoms with Crippen molar-refractivity contribution in [1.29, 1.82) is 0 Å². The first-order chi connectivity index (χ1) is 14.2. The molecule has 3 rings (SSSR count). The van der Waals surface area contributed by atoms with E-state index in [1.54, 1.807) is 6.07 Å². The highest BCUT2D eigenvalue weighted by Gasteiger charge is 2.22. The van der Waals surface area contributed by atoms with E-state index in [4.69, 9.17) is 10.7 Å². The van der Waals surface area contributed by atoms with Crippen molar-refractivity contribution in [2.24, 2.45) is 0 Å². The maximum atomic E-state index is 14.3. The molecule has 1 aromatic heterocycles. The Bertz CT molecular complexity index is 774. The number of fused-ring (bicyclic) bond motifs is 2. The number of unbranched alkanes of at least 4 members (excludes halogenated alkanes) is 9. The summed E-state index contributed by atoms with van der Waals surface area (Å²) < 4.78 is 14.3. The van der Waals surface area contributed by atoms with Crippen molar-refractivity contribution in [2.75, 3.05) is 23.7 Å². The second-order valence-electron chi connectivity index (χ2n) is 8.59. The molecule has 2 aromatic rings. The molecule has 0 amide bonds. The van der Waals surface area contributed by atoms with E-state index >= 15 is 0 Å². The molecule has 0 saturated carbocycles. The average molecular weight is 400 g/mol. The van der Waals surface area contributed by atoms with Crippen LogP contribution in [0.1, 0.15) is 89.5 Å². The monoisotopic (exact) mass is 399 g/mol. The molecule has 0 bridgehead atoms. The van der Waals surface area contributed by atoms with Gasteiger partial charge in [0.15, 0.2) is 0 Å². The Morgan fingerprint density at radius 1 is 0.966 bits per heavy atom. The summed E-state index contributed by atoms with van der Waals surface area (Å²) in [5.74, 6) is 0.731. The summed E-state index contributed by atoms with van der Waals surface area (Å²) in [5, 5.41) is 0.493. The third-order valence-corrected chi connectivity index (χ3v) is 6.27. The van der Waals surface area contributed by atoms with Gasteiger partial charge in [-0.15, -0.1) is 0 Å². The Kier molecular flexibility index (Phi) is 8.57. The smallest absolute Gasteiger partial charge is 0.134 e. The number of nitrogen functional groups attached to an aromatic ring is 1. The number of pyridine rings is 1. The van der Waals surface area contributed by atoms with Crippen molar-refractivity contribution in [3.8, 4) is 0 Å². The van der Waals surface area contributed by atoms with Gasteiger partial charge in [-0.05, 0) is 37.8 Å². The summed E-state index contributed by atoms with van der Waals surface area (Å²) in [5.41, 5.74) is 8.74. The van der Waals surface area contributed by atoms with E-state index in [0.29, 0.717) is 16.6 Å². The fraction of sp³-hybridized carbons (Fsp3) is 0.640. The third kappa shape index (κ3) is 5.83. The highest BCUT2D eigenvalue weighted by molar-refractivity contribution is 5.95. The van der Waals surface area contributed by atoms with Crippen molar-refractivity contribution in [1.82, 2.24) is 4.98 Å². The Morgan fingerprint density at radius 3 is 2.38 bits per heavy atom. The fourth-order valence-electron chi connectivity index (χ4n) is 4.55. The number of anilines is 2. The molecule has 0 atom stereocenters. The lowest BCUT2D eigenvalue weighted by atomic mass is 10.0. The molecular weight excluding hydrogens is 361 g/mol. The summed E-state index contributed by atoms with van der Waals surface area (Å²) in [7, 11) is 0. The Balaban J connectivity index is 1.53. The molecule has 1 aromatic carbocycles. The van der Waals surface area contributed by atoms with Gasteiger partial charge in [-0.25, -0.2) is 9.37 Å². The fourth-order valence-corrected chi connectivity index (χ4v) is 4.55. The lowest BCUT2D eigenvalue weighted by Gasteiger charge is -2.25. The molecule has 0 fully saturated rings. The van der Waals surface area contributed by atoms with Crippen LogP contribution < -0.4 is 10.6 Å². The maximum absolute atomic E-state index is 14.3. The van der Waals surface area contributed by atoms with Crippen molar-refractivity contribution >= 4 is 22.4 Å². The molecule has 160 valence electrons. The number of rotatable bonds is 11. The van der Waals surface area contributed by atoms with Crippen molar-refractivity contribution in [2.45, 2.75) is 90.4 Å². The number of hydrogen-bond donors (Lipinski definition) is 1. The van der Waals surface area contributed by atoms with Crippen LogP contribution in [0.2, 0.25) is 0 Å². The predicted molar refractivity (Wildman–Crippen MR) is 123 cm³/mol. The van der Waals surface area contributed by atoms with Crippen molar-refractivity contribution < 1.29 is 4.39 Å². The number of nitrogens with zero attached hydrogens (tertiary/aromatic N) is 2. The van der Waals surface area contributed by atoms with E-state index in [0.717, 1.165) is 43.7 Å². The minimum absolute atomic E-state index is 0.263. The topological polar surface area (TPSA) is 42.2 Å². The molecule has 0 radical (unpaired) electrons. The third-order valence-electron chi connectivity index (χ3n) is 6.27. The first-order valence-corrected chi connectivity index (χ1v) is 11.8. The van der Waals surface area contributed by atoms with Gasteiger partial charge in [-0.3, -0.25) is 0 Å². The van der Waals surface area contributed by atoms with Crippen molar-refractivity contribution in [3.05, 3.63) is 29.6 Å². The predicted octanol–water partition coefficient (Wildman–Crippen LogP) is 7.02. The molecule has 2 N–H and O–H groups in total. The Hall–Kier alpha value is -1.84. The Morgan fingerprint density at radius 2 is 1.66 bits per heavy atom. The molecule has 0 spiro atoms. The van der Waals surface area contributed by atoms with Gasteiger partial charge in [0.1, 0.15) is 11.6 Å². The van der Waals surface area contributed by atoms with Crippen LogP contribution in [0.3, 0.4) is 0 Å². The number of nitrogens with two attached hydrogens (primary N) is 1. The highest BCUT2D eigenvalue weighted by Crippen LogP contribution is 2.35. The van der Waals surface area contributed by atoms with E-state index in [1.165, 1.54) is 70.3 Å². The minimum atomic E-state index is -0.263. The SMILES string of the molecule is CCCCCCCCCCCCN1CCCCc2c1nc1cccc(F)c1c2N. The van der Waals surface area contributed by atoms with Crippen LogP contribution in [-0.4, -0.2) is 18.1 Å². The van der Waals surface area contributed by atoms with E-state index in [-0.39, 0.29) is 5.82 Å². The second-order valence-corrected chi connectivity index (χ2v) is 8.59. The van der Waals surface area contributed by atoms with Crippen LogP contribution >= 0.6 is 0 Å². The number of aromatic nitrogens is 1. The summed E-state index contributed by atoms with van der Waals surface area (Å²) in [6, 6.07) is 5.07. The van der Waals surface area contributed by atoms with Crippen LogP contribution in [0.4, 0.5) is 15.9 Å². The van der Waals surface area contributed by atoms with Crippen LogP contribution in [-0.2, 0) is 6.42 Å². The lowest BCUT2D eigenvalue weighted by Crippen LogP contribution is -2.26. The molecule has 2 heterocycles. The van der Waals surface area contributed by atoms with Crippen molar-refractivity contribution in [3.63, 3.8) is 0 Å². The zero-order chi connectivity index (χ0) is 20.5. The van der Waals surface area contributed by atoms with Crippen LogP contribution in [0.15, 0.2) is 18.2 Å². The standard InChI is InChI=1S/C25H38FN3/c1-2-3-4-5-6-7-8-9-10-12-18-29-19-13-11-15-20-24(27)23-21(26)16-14-17-22(23)28-25(20)29/h14,16-17H,2-13,15,18-19H2,1H3,(H2,27,28). The highest BCUT2D eigenvalue weighted by atomic mass is 19.1. The van der Waals surface area contributed by atoms with E-state index in [2.05, 4.69) is 11.8 Å². The average Bonchev–Trinajstić information content (AvgIpc) is 2.92. The van der Waals surface area contributed by atoms with Crippen LogP contribution in [0.25, 0.3) is 10.9 Å². The minimum Gasteiger partial charge on any atom is -0.398 e. The maximum Gasteiger partial charge on any atom is 0.134 e. The second kappa shape index (κ2) is 11.4. The van der Waals surface area contributed by atoms with Gasteiger partial charge < -0.3 is 10.6 Å². The van der Waals surface area contributed by atoms with E-state index in [9.17, 15) is 4.39 Å². The van der Waals surface area contributed by atoms with Gasteiger partial charge in [0.2, 0.25) is 0 Å². The van der Waals surface area contributed by atoms with Gasteiger partial charge in [0, 0.05) is 18.7 Å². The normalized spacial score (nSPS) is 14.2. The largest absolute Gasteiger partial charge is 0.398 e. The first-order valence-electron chi connectivity index (χ1n) is 11.8.